The smallest absolute Gasteiger partial charge is 0.268 e. The number of amides is 2. The number of nitrogens with zero attached hydrogens (tertiary/aromatic N) is 2. The summed E-state index contributed by atoms with van der Waals surface area (Å²) in [5.74, 6) is -0.117. The zero-order valence-corrected chi connectivity index (χ0v) is 18.5. The van der Waals surface area contributed by atoms with E-state index < -0.39 is 0 Å². The molecule has 32 heavy (non-hydrogen) atoms. The minimum atomic E-state index is -0.108. The Labute approximate surface area is 188 Å². The summed E-state index contributed by atoms with van der Waals surface area (Å²) in [6.07, 6.45) is 0.447. The molecule has 1 saturated heterocycles. The number of carbonyl (C=O) groups is 2. The summed E-state index contributed by atoms with van der Waals surface area (Å²) in [6, 6.07) is 17.5. The van der Waals surface area contributed by atoms with Crippen molar-refractivity contribution < 1.29 is 14.3 Å². The second-order valence-electron chi connectivity index (χ2n) is 7.97. The number of hydrogen-bond donors (Lipinski definition) is 2. The molecule has 0 bridgehead atoms. The molecular formula is C25H30N4O3. The number of hydrogen-bond acceptors (Lipinski definition) is 4. The molecule has 1 aliphatic heterocycles. The Morgan fingerprint density at radius 3 is 2.66 bits per heavy atom. The van der Waals surface area contributed by atoms with Gasteiger partial charge < -0.3 is 19.9 Å². The summed E-state index contributed by atoms with van der Waals surface area (Å²) in [5, 5.41) is 7.03. The van der Waals surface area contributed by atoms with E-state index in [1.807, 2.05) is 66.1 Å². The first-order valence-electron chi connectivity index (χ1n) is 11.2. The van der Waals surface area contributed by atoms with Crippen LogP contribution in [0.5, 0.6) is 0 Å². The lowest BCUT2D eigenvalue weighted by Gasteiger charge is -2.26. The largest absolute Gasteiger partial charge is 0.379 e. The lowest BCUT2D eigenvalue weighted by Crippen LogP contribution is -2.38. The normalized spacial score (nSPS) is 14.4. The van der Waals surface area contributed by atoms with Gasteiger partial charge in [-0.2, -0.15) is 0 Å². The van der Waals surface area contributed by atoms with Crippen LogP contribution >= 0.6 is 0 Å². The molecule has 0 radical (unpaired) electrons. The highest BCUT2D eigenvalue weighted by Gasteiger charge is 2.15. The van der Waals surface area contributed by atoms with E-state index in [1.54, 1.807) is 0 Å². The fraction of sp³-hybridized carbons (Fsp3) is 0.360. The number of aryl methyl sites for hydroxylation is 1. The highest BCUT2D eigenvalue weighted by atomic mass is 16.5. The van der Waals surface area contributed by atoms with Gasteiger partial charge in [0.2, 0.25) is 5.91 Å². The molecular weight excluding hydrogens is 404 g/mol. The van der Waals surface area contributed by atoms with Crippen LogP contribution < -0.4 is 10.6 Å². The van der Waals surface area contributed by atoms with Crippen LogP contribution in [0.3, 0.4) is 0 Å². The first kappa shape index (κ1) is 22.0. The average molecular weight is 435 g/mol. The summed E-state index contributed by atoms with van der Waals surface area (Å²) >= 11 is 0. The molecule has 2 amide bonds. The van der Waals surface area contributed by atoms with Crippen molar-refractivity contribution >= 4 is 28.4 Å². The summed E-state index contributed by atoms with van der Waals surface area (Å²) in [4.78, 5) is 27.4. The molecule has 2 aromatic carbocycles. The van der Waals surface area contributed by atoms with E-state index in [-0.39, 0.29) is 11.8 Å². The van der Waals surface area contributed by atoms with Crippen molar-refractivity contribution in [2.45, 2.75) is 26.4 Å². The van der Waals surface area contributed by atoms with Gasteiger partial charge in [0.05, 0.1) is 13.2 Å². The third kappa shape index (κ3) is 5.36. The molecule has 0 unspecified atom stereocenters. The van der Waals surface area contributed by atoms with Gasteiger partial charge in [0, 0.05) is 55.7 Å². The predicted molar refractivity (Wildman–Crippen MR) is 126 cm³/mol. The minimum absolute atomic E-state index is 0.00913. The number of rotatable bonds is 8. The topological polar surface area (TPSA) is 75.6 Å². The molecule has 168 valence electrons. The number of fused-ring (bicyclic) bond motifs is 1. The molecule has 2 heterocycles. The number of carbonyl (C=O) groups excluding carboxylic acids is 2. The highest BCUT2D eigenvalue weighted by molar-refractivity contribution is 5.98. The van der Waals surface area contributed by atoms with Gasteiger partial charge in [-0.3, -0.25) is 14.5 Å². The third-order valence-corrected chi connectivity index (χ3v) is 5.78. The Morgan fingerprint density at radius 2 is 1.84 bits per heavy atom. The van der Waals surface area contributed by atoms with Crippen molar-refractivity contribution in [3.05, 3.63) is 65.9 Å². The van der Waals surface area contributed by atoms with Gasteiger partial charge >= 0.3 is 0 Å². The molecule has 0 spiro atoms. The minimum Gasteiger partial charge on any atom is -0.379 e. The lowest BCUT2D eigenvalue weighted by molar-refractivity contribution is -0.116. The van der Waals surface area contributed by atoms with Gasteiger partial charge in [0.1, 0.15) is 5.69 Å². The predicted octanol–water partition coefficient (Wildman–Crippen LogP) is 3.25. The maximum absolute atomic E-state index is 12.9. The fourth-order valence-corrected chi connectivity index (χ4v) is 4.08. The second kappa shape index (κ2) is 10.4. The van der Waals surface area contributed by atoms with Gasteiger partial charge in [0.25, 0.3) is 5.91 Å². The highest BCUT2D eigenvalue weighted by Crippen LogP contribution is 2.20. The van der Waals surface area contributed by atoms with Gasteiger partial charge in [-0.25, -0.2) is 0 Å². The first-order valence-corrected chi connectivity index (χ1v) is 11.2. The lowest BCUT2D eigenvalue weighted by atomic mass is 10.2. The zero-order chi connectivity index (χ0) is 22.3. The van der Waals surface area contributed by atoms with E-state index in [1.165, 1.54) is 0 Å². The van der Waals surface area contributed by atoms with Crippen molar-refractivity contribution in [1.29, 1.82) is 0 Å². The Morgan fingerprint density at radius 1 is 1.03 bits per heavy atom. The van der Waals surface area contributed by atoms with Gasteiger partial charge in [0.15, 0.2) is 0 Å². The van der Waals surface area contributed by atoms with E-state index in [9.17, 15) is 9.59 Å². The van der Waals surface area contributed by atoms with Crippen molar-refractivity contribution in [3.8, 4) is 0 Å². The monoisotopic (exact) mass is 434 g/mol. The summed E-state index contributed by atoms with van der Waals surface area (Å²) < 4.78 is 7.36. The van der Waals surface area contributed by atoms with Crippen LogP contribution in [-0.2, 0) is 22.6 Å². The summed E-state index contributed by atoms with van der Waals surface area (Å²) in [6.45, 7) is 7.09. The average Bonchev–Trinajstić information content (AvgIpc) is 3.21. The van der Waals surface area contributed by atoms with Gasteiger partial charge in [-0.1, -0.05) is 30.3 Å². The molecule has 1 fully saturated rings. The van der Waals surface area contributed by atoms with E-state index in [0.29, 0.717) is 18.7 Å². The van der Waals surface area contributed by atoms with Crippen molar-refractivity contribution in [3.63, 3.8) is 0 Å². The van der Waals surface area contributed by atoms with E-state index in [0.717, 1.165) is 61.5 Å². The Kier molecular flexibility index (Phi) is 7.19. The van der Waals surface area contributed by atoms with Crippen LogP contribution in [0.15, 0.2) is 54.6 Å². The van der Waals surface area contributed by atoms with Gasteiger partial charge in [-0.15, -0.1) is 0 Å². The number of morpholine rings is 1. The first-order chi connectivity index (χ1) is 15.6. The molecule has 0 aliphatic carbocycles. The van der Waals surface area contributed by atoms with Crippen LogP contribution in [0.25, 0.3) is 10.9 Å². The van der Waals surface area contributed by atoms with Crippen LogP contribution in [0.4, 0.5) is 5.69 Å². The number of ether oxygens (including phenoxy) is 1. The van der Waals surface area contributed by atoms with Crippen LogP contribution in [0, 0.1) is 0 Å². The van der Waals surface area contributed by atoms with Crippen molar-refractivity contribution in [1.82, 2.24) is 14.8 Å². The molecule has 2 N–H and O–H groups in total. The Bertz CT molecular complexity index is 1090. The maximum atomic E-state index is 12.9. The van der Waals surface area contributed by atoms with E-state index in [4.69, 9.17) is 4.74 Å². The molecule has 1 aliphatic rings. The van der Waals surface area contributed by atoms with Gasteiger partial charge in [-0.05, 0) is 36.8 Å². The quantitative estimate of drug-likeness (QED) is 0.571. The van der Waals surface area contributed by atoms with Crippen LogP contribution in [0.2, 0.25) is 0 Å². The van der Waals surface area contributed by atoms with Crippen LogP contribution in [-0.4, -0.2) is 54.1 Å². The maximum Gasteiger partial charge on any atom is 0.268 e. The molecule has 0 atom stereocenters. The number of anilines is 1. The molecule has 3 aromatic rings. The van der Waals surface area contributed by atoms with Crippen molar-refractivity contribution in [2.75, 3.05) is 38.2 Å². The molecule has 7 nitrogen and oxygen atoms in total. The van der Waals surface area contributed by atoms with Crippen molar-refractivity contribution in [2.24, 2.45) is 0 Å². The number of para-hydroxylation sites is 1. The van der Waals surface area contributed by atoms with E-state index in [2.05, 4.69) is 15.5 Å². The number of benzene rings is 2. The summed E-state index contributed by atoms with van der Waals surface area (Å²) in [5.41, 5.74) is 3.39. The molecule has 0 saturated carbocycles. The Balaban J connectivity index is 1.33. The molecule has 7 heteroatoms. The van der Waals surface area contributed by atoms with E-state index >= 15 is 0 Å². The molecule has 1 aromatic heterocycles. The Hall–Kier alpha value is -3.16. The number of nitrogens with one attached hydrogen (secondary N) is 2. The number of aromatic nitrogens is 1. The standard InChI is InChI=1S/C25H30N4O3/c1-2-29-22-9-4-3-7-20(22)17-23(29)25(31)26-18-19-6-5-8-21(16-19)27-24(30)10-11-28-12-14-32-15-13-28/h3-9,16-17H,2,10-15,18H2,1H3,(H,26,31)(H,27,30). The SMILES string of the molecule is CCn1c(C(=O)NCc2cccc(NC(=O)CCN3CCOCC3)c2)cc2ccccc21. The second-order valence-corrected chi connectivity index (χ2v) is 7.97. The molecule has 4 rings (SSSR count). The fourth-order valence-electron chi connectivity index (χ4n) is 4.08. The summed E-state index contributed by atoms with van der Waals surface area (Å²) in [7, 11) is 0. The van der Waals surface area contributed by atoms with Crippen LogP contribution in [0.1, 0.15) is 29.4 Å². The zero-order valence-electron chi connectivity index (χ0n) is 18.5. The third-order valence-electron chi connectivity index (χ3n) is 5.78.